The minimum atomic E-state index is -1.01. The molecule has 23 heteroatoms. The molecule has 0 radical (unpaired) electrons. The summed E-state index contributed by atoms with van der Waals surface area (Å²) in [6.45, 7) is 9.41. The second-order valence-corrected chi connectivity index (χ2v) is 18.4. The second kappa shape index (κ2) is 28.4. The molecule has 0 spiro atoms. The summed E-state index contributed by atoms with van der Waals surface area (Å²) < 4.78 is 0. The minimum Gasteiger partial charge on any atom is -0.508 e. The summed E-state index contributed by atoms with van der Waals surface area (Å²) in [5.74, 6) is -2.74. The van der Waals surface area contributed by atoms with Crippen molar-refractivity contribution in [3.63, 3.8) is 0 Å². The van der Waals surface area contributed by atoms with Crippen LogP contribution < -0.4 is 64.2 Å². The van der Waals surface area contributed by atoms with Crippen molar-refractivity contribution in [2.24, 2.45) is 5.73 Å². The quantitative estimate of drug-likeness (QED) is 0.0378. The van der Waals surface area contributed by atoms with Gasteiger partial charge in [0.05, 0.1) is 5.25 Å². The average molecular weight is 960 g/mol. The number of benzene rings is 1. The molecule has 0 aromatic heterocycles. The van der Waals surface area contributed by atoms with E-state index < -0.39 is 46.4 Å². The predicted molar refractivity (Wildman–Crippen MR) is 253 cm³/mol. The van der Waals surface area contributed by atoms with Crippen LogP contribution in [0.25, 0.3) is 0 Å². The number of nitrogens with two attached hydrogens (primary N) is 1. The number of thioether (sulfide) groups is 1. The molecule has 8 amide bonds. The molecule has 3 aliphatic rings. The van der Waals surface area contributed by atoms with Gasteiger partial charge >= 0.3 is 0 Å². The number of imide groups is 1. The highest BCUT2D eigenvalue weighted by Crippen LogP contribution is 2.25. The molecule has 3 heterocycles. The number of likely N-dealkylation sites (tertiary alicyclic amines) is 1. The second-order valence-electron chi connectivity index (χ2n) is 17.1. The van der Waals surface area contributed by atoms with Crippen molar-refractivity contribution in [2.75, 3.05) is 84.3 Å². The Hall–Kier alpha value is -4.91. The van der Waals surface area contributed by atoms with Crippen LogP contribution in [-0.2, 0) is 44.8 Å². The molecule has 0 aliphatic carbocycles. The maximum absolute atomic E-state index is 13.5. The third-order valence-corrected chi connectivity index (χ3v) is 13.0. The lowest BCUT2D eigenvalue weighted by atomic mass is 10.0. The summed E-state index contributed by atoms with van der Waals surface area (Å²) in [5.41, 5.74) is 4.65. The number of hydrogen-bond acceptors (Lipinski definition) is 16. The molecular weight excluding hydrogens is 887 g/mol. The highest BCUT2D eigenvalue weighted by molar-refractivity contribution is 8.00. The van der Waals surface area contributed by atoms with Crippen LogP contribution in [0.5, 0.6) is 5.75 Å². The van der Waals surface area contributed by atoms with E-state index in [4.69, 9.17) is 5.73 Å². The smallest absolute Gasteiger partial charge is 0.242 e. The molecule has 3 saturated heterocycles. The van der Waals surface area contributed by atoms with Crippen molar-refractivity contribution in [1.82, 2.24) is 63.4 Å². The lowest BCUT2D eigenvalue weighted by Crippen LogP contribution is -2.73. The van der Waals surface area contributed by atoms with Gasteiger partial charge in [-0.1, -0.05) is 25.5 Å². The van der Waals surface area contributed by atoms with E-state index in [1.807, 2.05) is 6.92 Å². The summed E-state index contributed by atoms with van der Waals surface area (Å²) in [6, 6.07) is 4.38. The van der Waals surface area contributed by atoms with Crippen LogP contribution in [0.2, 0.25) is 0 Å². The predicted octanol–water partition coefficient (Wildman–Crippen LogP) is -3.28. The van der Waals surface area contributed by atoms with Crippen LogP contribution in [0.15, 0.2) is 24.3 Å². The third kappa shape index (κ3) is 19.0. The van der Waals surface area contributed by atoms with Gasteiger partial charge in [0, 0.05) is 123 Å². The number of carbonyl (C=O) groups excluding carboxylic acids is 8. The normalized spacial score (nSPS) is 22.6. The Bertz CT molecular complexity index is 1810. The van der Waals surface area contributed by atoms with Crippen molar-refractivity contribution in [3.8, 4) is 5.75 Å². The third-order valence-electron chi connectivity index (χ3n) is 11.7. The Morgan fingerprint density at radius 2 is 1.27 bits per heavy atom. The van der Waals surface area contributed by atoms with Gasteiger partial charge in [0.1, 0.15) is 29.2 Å². The van der Waals surface area contributed by atoms with E-state index in [-0.39, 0.29) is 92.7 Å². The lowest BCUT2D eigenvalue weighted by Gasteiger charge is -2.41. The standard InChI is InChI=1S/C44H73N13O9S/c1-3-35(59)55-43-26-46-17-19-48-28-44(52-22-21-51-43,29-49-20-18-47-27-43)56-38(62)11-8-10-37(61)53-32(23-30-12-14-31(58)15-13-30)41(65)50-16-7-5-6-9-36(60)54-33(40(45)64)25-67-34-24-39(63)57(4-2)42(34)66/h12-15,32-34,46-49,51-52,58H,3-11,16-29H2,1-2H3,(H2,45,64)(H,50,65)(H,53,61)(H,54,60)(H,55,59)(H,56,62)/t32-,33-,34?,43-,44+/m0/s1. The summed E-state index contributed by atoms with van der Waals surface area (Å²) in [6.07, 6.45) is 2.47. The van der Waals surface area contributed by atoms with Crippen LogP contribution in [0.4, 0.5) is 0 Å². The first-order valence-corrected chi connectivity index (χ1v) is 24.6. The topological polar surface area (TPSA) is 318 Å². The van der Waals surface area contributed by atoms with Gasteiger partial charge in [-0.2, -0.15) is 0 Å². The monoisotopic (exact) mass is 960 g/mol. The fourth-order valence-corrected chi connectivity index (χ4v) is 9.16. The van der Waals surface area contributed by atoms with Gasteiger partial charge in [-0.25, -0.2) is 0 Å². The number of amides is 8. The van der Waals surface area contributed by atoms with Crippen molar-refractivity contribution < 1.29 is 43.5 Å². The number of phenolic OH excluding ortho intramolecular Hbond substituents is 1. The van der Waals surface area contributed by atoms with Crippen LogP contribution in [0, 0.1) is 0 Å². The van der Waals surface area contributed by atoms with Gasteiger partial charge in [0.25, 0.3) is 0 Å². The molecule has 67 heavy (non-hydrogen) atoms. The first kappa shape index (κ1) is 54.7. The van der Waals surface area contributed by atoms with Crippen LogP contribution in [0.1, 0.15) is 77.2 Å². The SMILES string of the molecule is CCC(=O)N[C@]12CNCCNC[C@](NC(=O)CCCC(=O)N[C@@H](Cc3ccc(O)cc3)C(=O)NCCCCCC(=O)N[C@@H](CSC3CC(=O)N(CC)C3=O)C(N)=O)(CNCCNC1)NCCN2. The number of rotatable bonds is 23. The molecule has 2 bridgehead atoms. The average Bonchev–Trinajstić information content (AvgIpc) is 3.57. The zero-order chi connectivity index (χ0) is 48.7. The van der Waals surface area contributed by atoms with Crippen LogP contribution in [-0.4, -0.2) is 170 Å². The summed E-state index contributed by atoms with van der Waals surface area (Å²) in [4.78, 5) is 103. The van der Waals surface area contributed by atoms with Gasteiger partial charge in [-0.3, -0.25) is 53.9 Å². The first-order valence-electron chi connectivity index (χ1n) is 23.5. The summed E-state index contributed by atoms with van der Waals surface area (Å²) in [5, 5.41) is 44.6. The van der Waals surface area contributed by atoms with Crippen molar-refractivity contribution in [3.05, 3.63) is 29.8 Å². The Balaban J connectivity index is 1.23. The molecule has 22 nitrogen and oxygen atoms in total. The van der Waals surface area contributed by atoms with E-state index in [1.165, 1.54) is 17.0 Å². The Morgan fingerprint density at radius 1 is 0.731 bits per heavy atom. The number of nitrogens with zero attached hydrogens (tertiary/aromatic N) is 1. The van der Waals surface area contributed by atoms with E-state index in [2.05, 4.69) is 58.5 Å². The number of primary amides is 1. The van der Waals surface area contributed by atoms with E-state index >= 15 is 0 Å². The van der Waals surface area contributed by atoms with Crippen LogP contribution in [0.3, 0.4) is 0 Å². The molecule has 374 valence electrons. The van der Waals surface area contributed by atoms with E-state index in [9.17, 15) is 43.5 Å². The number of hydrogen-bond donors (Lipinski definition) is 13. The maximum atomic E-state index is 13.5. The Morgan fingerprint density at radius 3 is 1.81 bits per heavy atom. The van der Waals surface area contributed by atoms with Crippen molar-refractivity contribution in [2.45, 2.75) is 107 Å². The summed E-state index contributed by atoms with van der Waals surface area (Å²) >= 11 is 1.12. The summed E-state index contributed by atoms with van der Waals surface area (Å²) in [7, 11) is 0. The van der Waals surface area contributed by atoms with Gasteiger partial charge < -0.3 is 58.7 Å². The van der Waals surface area contributed by atoms with E-state index in [1.54, 1.807) is 19.1 Å². The highest BCUT2D eigenvalue weighted by atomic mass is 32.2. The number of aromatic hydroxyl groups is 1. The number of carbonyl (C=O) groups is 8. The van der Waals surface area contributed by atoms with E-state index in [0.717, 1.165) is 11.8 Å². The number of phenols is 1. The van der Waals surface area contributed by atoms with Crippen LogP contribution >= 0.6 is 11.8 Å². The Kier molecular flexibility index (Phi) is 23.2. The zero-order valence-electron chi connectivity index (χ0n) is 39.0. The van der Waals surface area contributed by atoms with Gasteiger partial charge in [-0.05, 0) is 43.9 Å². The molecule has 14 N–H and O–H groups in total. The Labute approximate surface area is 397 Å². The molecule has 3 atom stereocenters. The highest BCUT2D eigenvalue weighted by Gasteiger charge is 2.39. The molecular formula is C44H73N13O9S. The number of fused-ring (bicyclic) bond motifs is 5. The fourth-order valence-electron chi connectivity index (χ4n) is 7.95. The lowest BCUT2D eigenvalue weighted by molar-refractivity contribution is -0.138. The first-order chi connectivity index (χ1) is 32.2. The van der Waals surface area contributed by atoms with Crippen molar-refractivity contribution in [1.29, 1.82) is 0 Å². The molecule has 3 aliphatic heterocycles. The largest absolute Gasteiger partial charge is 0.508 e. The van der Waals surface area contributed by atoms with Gasteiger partial charge in [-0.15, -0.1) is 11.8 Å². The molecule has 4 rings (SSSR count). The fraction of sp³-hybridized carbons (Fsp3) is 0.682. The number of unbranched alkanes of at least 4 members (excludes halogenated alkanes) is 2. The van der Waals surface area contributed by atoms with Gasteiger partial charge in [0.2, 0.25) is 47.3 Å². The van der Waals surface area contributed by atoms with Gasteiger partial charge in [0.15, 0.2) is 0 Å². The maximum Gasteiger partial charge on any atom is 0.242 e. The molecule has 0 saturated carbocycles. The molecule has 1 aromatic rings. The van der Waals surface area contributed by atoms with Crippen molar-refractivity contribution >= 4 is 59.0 Å². The minimum absolute atomic E-state index is 0.0102. The zero-order valence-corrected chi connectivity index (χ0v) is 39.8. The van der Waals surface area contributed by atoms with E-state index in [0.29, 0.717) is 96.7 Å². The number of nitrogens with one attached hydrogen (secondary N) is 11. The molecule has 1 aromatic carbocycles. The molecule has 1 unspecified atom stereocenters. The molecule has 3 fully saturated rings.